The molecule has 0 N–H and O–H groups in total. The maximum Gasteiger partial charge on any atom is 0.186 e. The fourth-order valence-corrected chi connectivity index (χ4v) is 3.29. The van der Waals surface area contributed by atoms with E-state index in [4.69, 9.17) is 4.43 Å². The monoisotopic (exact) mass is 174 g/mol. The molecule has 0 aliphatic carbocycles. The molecule has 0 aromatic rings. The third kappa shape index (κ3) is 6.57. The molecule has 0 aromatic heterocycles. The van der Waals surface area contributed by atoms with Crippen molar-refractivity contribution >= 4 is 8.32 Å². The van der Waals surface area contributed by atoms with Crippen molar-refractivity contribution in [3.63, 3.8) is 0 Å². The molecule has 0 aromatic carbocycles. The van der Waals surface area contributed by atoms with Crippen molar-refractivity contribution in [2.24, 2.45) is 0 Å². The highest BCUT2D eigenvalue weighted by atomic mass is 28.4. The Morgan fingerprint density at radius 1 is 1.09 bits per heavy atom. The molecule has 11 heavy (non-hydrogen) atoms. The van der Waals surface area contributed by atoms with Gasteiger partial charge in [-0.1, -0.05) is 26.2 Å². The van der Waals surface area contributed by atoms with Crippen LogP contribution in [-0.4, -0.2) is 14.9 Å². The van der Waals surface area contributed by atoms with E-state index in [1.165, 1.54) is 25.3 Å². The van der Waals surface area contributed by atoms with Crippen molar-refractivity contribution in [2.45, 2.75) is 52.2 Å². The first-order valence-corrected chi connectivity index (χ1v) is 7.88. The molecule has 0 bridgehead atoms. The van der Waals surface area contributed by atoms with Crippen LogP contribution in [0.2, 0.25) is 19.1 Å². The predicted molar refractivity (Wildman–Crippen MR) is 53.4 cm³/mol. The number of rotatable bonds is 6. The normalized spacial score (nSPS) is 12.0. The van der Waals surface area contributed by atoms with Gasteiger partial charge in [0, 0.05) is 6.61 Å². The summed E-state index contributed by atoms with van der Waals surface area (Å²) < 4.78 is 5.71. The van der Waals surface area contributed by atoms with Gasteiger partial charge in [0.25, 0.3) is 0 Å². The van der Waals surface area contributed by atoms with Gasteiger partial charge in [0.15, 0.2) is 8.32 Å². The average molecular weight is 174 g/mol. The van der Waals surface area contributed by atoms with Crippen molar-refractivity contribution in [3.05, 3.63) is 0 Å². The Hall–Kier alpha value is 0.177. The van der Waals surface area contributed by atoms with Gasteiger partial charge < -0.3 is 4.43 Å². The minimum absolute atomic E-state index is 0.894. The second-order valence-electron chi connectivity index (χ2n) is 3.65. The van der Waals surface area contributed by atoms with Crippen LogP contribution in [0.25, 0.3) is 0 Å². The third-order valence-electron chi connectivity index (χ3n) is 1.92. The Morgan fingerprint density at radius 2 is 1.73 bits per heavy atom. The molecule has 0 radical (unpaired) electrons. The van der Waals surface area contributed by atoms with Crippen LogP contribution in [0, 0.1) is 0 Å². The molecule has 0 atom stereocenters. The maximum absolute atomic E-state index is 5.71. The molecule has 0 saturated heterocycles. The fourth-order valence-electron chi connectivity index (χ4n) is 1.26. The summed E-state index contributed by atoms with van der Waals surface area (Å²) in [4.78, 5) is 0. The van der Waals surface area contributed by atoms with Gasteiger partial charge in [-0.15, -0.1) is 0 Å². The number of hydrogen-bond donors (Lipinski definition) is 0. The van der Waals surface area contributed by atoms with Crippen LogP contribution < -0.4 is 0 Å². The molecule has 0 unspecified atom stereocenters. The zero-order valence-corrected chi connectivity index (χ0v) is 9.44. The van der Waals surface area contributed by atoms with Gasteiger partial charge in [-0.25, -0.2) is 0 Å². The fraction of sp³-hybridized carbons (Fsp3) is 1.00. The Balaban J connectivity index is 3.38. The second-order valence-corrected chi connectivity index (χ2v) is 7.96. The zero-order chi connectivity index (χ0) is 8.74. The van der Waals surface area contributed by atoms with Crippen molar-refractivity contribution in [1.82, 2.24) is 0 Å². The van der Waals surface area contributed by atoms with E-state index in [9.17, 15) is 0 Å². The van der Waals surface area contributed by atoms with Crippen molar-refractivity contribution in [3.8, 4) is 0 Å². The van der Waals surface area contributed by atoms with Crippen LogP contribution >= 0.6 is 0 Å². The molecule has 0 heterocycles. The van der Waals surface area contributed by atoms with Gasteiger partial charge in [-0.3, -0.25) is 0 Å². The van der Waals surface area contributed by atoms with E-state index in [1.54, 1.807) is 0 Å². The number of unbranched alkanes of at least 4 members (excludes halogenated alkanes) is 2. The summed E-state index contributed by atoms with van der Waals surface area (Å²) in [7, 11) is -1.24. The average Bonchev–Trinajstić information content (AvgIpc) is 1.87. The summed E-state index contributed by atoms with van der Waals surface area (Å²) in [6.07, 6.45) is 4.04. The van der Waals surface area contributed by atoms with Crippen LogP contribution in [-0.2, 0) is 4.43 Å². The topological polar surface area (TPSA) is 9.23 Å². The molecule has 1 nitrogen and oxygen atoms in total. The van der Waals surface area contributed by atoms with Crippen molar-refractivity contribution in [2.75, 3.05) is 6.61 Å². The highest BCUT2D eigenvalue weighted by Crippen LogP contribution is 2.15. The van der Waals surface area contributed by atoms with E-state index in [0.717, 1.165) is 6.61 Å². The minimum atomic E-state index is -1.24. The van der Waals surface area contributed by atoms with E-state index < -0.39 is 8.32 Å². The summed E-state index contributed by atoms with van der Waals surface area (Å²) >= 11 is 0. The van der Waals surface area contributed by atoms with E-state index in [0.29, 0.717) is 0 Å². The lowest BCUT2D eigenvalue weighted by atomic mass is 10.3. The highest BCUT2D eigenvalue weighted by molar-refractivity contribution is 6.71. The van der Waals surface area contributed by atoms with Gasteiger partial charge in [-0.2, -0.15) is 0 Å². The molecule has 0 aliphatic heterocycles. The SMILES string of the molecule is CCCCC[Si](C)(C)OCC. The lowest BCUT2D eigenvalue weighted by Gasteiger charge is -2.21. The van der Waals surface area contributed by atoms with E-state index in [2.05, 4.69) is 26.9 Å². The molecule has 0 aliphatic rings. The van der Waals surface area contributed by atoms with E-state index >= 15 is 0 Å². The summed E-state index contributed by atoms with van der Waals surface area (Å²) in [6, 6.07) is 1.33. The van der Waals surface area contributed by atoms with Gasteiger partial charge in [0.1, 0.15) is 0 Å². The van der Waals surface area contributed by atoms with E-state index in [-0.39, 0.29) is 0 Å². The third-order valence-corrected chi connectivity index (χ3v) is 4.55. The lowest BCUT2D eigenvalue weighted by Crippen LogP contribution is -2.29. The summed E-state index contributed by atoms with van der Waals surface area (Å²) in [6.45, 7) is 9.85. The first-order valence-electron chi connectivity index (χ1n) is 4.76. The van der Waals surface area contributed by atoms with E-state index in [1.807, 2.05) is 0 Å². The standard InChI is InChI=1S/C9H22OSi/c1-5-7-8-9-11(3,4)10-6-2/h5-9H2,1-4H3. The Labute approximate surface area is 72.3 Å². The van der Waals surface area contributed by atoms with Crippen LogP contribution in [0.4, 0.5) is 0 Å². The van der Waals surface area contributed by atoms with Gasteiger partial charge in [-0.05, 0) is 26.1 Å². The molecule has 2 heteroatoms. The van der Waals surface area contributed by atoms with Gasteiger partial charge in [0.05, 0.1) is 0 Å². The molecular formula is C9H22OSi. The van der Waals surface area contributed by atoms with Crippen LogP contribution in [0.1, 0.15) is 33.1 Å². The quantitative estimate of drug-likeness (QED) is 0.443. The molecule has 0 saturated carbocycles. The highest BCUT2D eigenvalue weighted by Gasteiger charge is 2.20. The van der Waals surface area contributed by atoms with Gasteiger partial charge >= 0.3 is 0 Å². The summed E-state index contributed by atoms with van der Waals surface area (Å²) in [5, 5.41) is 0. The molecule has 0 amide bonds. The minimum Gasteiger partial charge on any atom is -0.418 e. The lowest BCUT2D eigenvalue weighted by molar-refractivity contribution is 0.327. The molecule has 0 fully saturated rings. The Morgan fingerprint density at radius 3 is 2.18 bits per heavy atom. The molecule has 0 spiro atoms. The molecule has 0 rings (SSSR count). The first-order chi connectivity index (χ1) is 5.12. The summed E-state index contributed by atoms with van der Waals surface area (Å²) in [5.41, 5.74) is 0. The number of hydrogen-bond acceptors (Lipinski definition) is 1. The molecule has 68 valence electrons. The largest absolute Gasteiger partial charge is 0.418 e. The van der Waals surface area contributed by atoms with Gasteiger partial charge in [0.2, 0.25) is 0 Å². The maximum atomic E-state index is 5.71. The predicted octanol–water partition coefficient (Wildman–Crippen LogP) is 3.42. The summed E-state index contributed by atoms with van der Waals surface area (Å²) in [5.74, 6) is 0. The van der Waals surface area contributed by atoms with Crippen LogP contribution in [0.3, 0.4) is 0 Å². The Kier molecular flexibility index (Phi) is 5.87. The first kappa shape index (κ1) is 11.2. The van der Waals surface area contributed by atoms with Crippen LogP contribution in [0.15, 0.2) is 0 Å². The zero-order valence-electron chi connectivity index (χ0n) is 8.44. The smallest absolute Gasteiger partial charge is 0.186 e. The van der Waals surface area contributed by atoms with Crippen LogP contribution in [0.5, 0.6) is 0 Å². The molecular weight excluding hydrogens is 152 g/mol. The van der Waals surface area contributed by atoms with Crippen molar-refractivity contribution < 1.29 is 4.43 Å². The Bertz CT molecular complexity index is 91.6. The van der Waals surface area contributed by atoms with Crippen molar-refractivity contribution in [1.29, 1.82) is 0 Å². The second kappa shape index (κ2) is 5.78.